The van der Waals surface area contributed by atoms with Gasteiger partial charge in [0.25, 0.3) is 0 Å². The molecule has 0 aromatic heterocycles. The predicted molar refractivity (Wildman–Crippen MR) is 94.8 cm³/mol. The first-order chi connectivity index (χ1) is 10.4. The molecule has 22 heavy (non-hydrogen) atoms. The highest BCUT2D eigenvalue weighted by molar-refractivity contribution is 6.31. The fourth-order valence-corrected chi connectivity index (χ4v) is 7.03. The minimum Gasteiger partial charge on any atom is -0.0886 e. The van der Waals surface area contributed by atoms with Gasteiger partial charge in [-0.25, -0.2) is 0 Å². The molecule has 4 aliphatic carbocycles. The second kappa shape index (κ2) is 4.88. The van der Waals surface area contributed by atoms with Crippen LogP contribution in [0, 0.1) is 34.5 Å². The summed E-state index contributed by atoms with van der Waals surface area (Å²) in [4.78, 5) is 0. The third-order valence-electron chi connectivity index (χ3n) is 8.14. The topological polar surface area (TPSA) is 0 Å². The third kappa shape index (κ3) is 1.89. The van der Waals surface area contributed by atoms with Gasteiger partial charge in [0.1, 0.15) is 0 Å². The van der Waals surface area contributed by atoms with Gasteiger partial charge >= 0.3 is 0 Å². The van der Waals surface area contributed by atoms with Crippen LogP contribution in [0.25, 0.3) is 0 Å². The quantitative estimate of drug-likeness (QED) is 0.435. The van der Waals surface area contributed by atoms with Crippen molar-refractivity contribution in [2.45, 2.75) is 72.6 Å². The molecule has 0 heterocycles. The molecule has 3 unspecified atom stereocenters. The zero-order valence-corrected chi connectivity index (χ0v) is 15.5. The Hall–Kier alpha value is -0.230. The average Bonchev–Trinajstić information content (AvgIpc) is 2.72. The van der Waals surface area contributed by atoms with Crippen molar-refractivity contribution in [3.05, 3.63) is 22.3 Å². The first kappa shape index (κ1) is 15.3. The van der Waals surface area contributed by atoms with Crippen molar-refractivity contribution in [3.63, 3.8) is 0 Å². The molecule has 6 atom stereocenters. The molecule has 1 heteroatoms. The lowest BCUT2D eigenvalue weighted by Crippen LogP contribution is -2.49. The summed E-state index contributed by atoms with van der Waals surface area (Å²) in [6, 6.07) is 0. The Balaban J connectivity index is 1.69. The van der Waals surface area contributed by atoms with E-state index in [2.05, 4.69) is 33.8 Å². The van der Waals surface area contributed by atoms with Crippen LogP contribution >= 0.6 is 11.6 Å². The molecule has 0 aliphatic heterocycles. The highest BCUT2D eigenvalue weighted by atomic mass is 35.5. The zero-order chi connectivity index (χ0) is 15.7. The first-order valence-electron chi connectivity index (χ1n) is 9.41. The maximum absolute atomic E-state index is 6.76. The van der Waals surface area contributed by atoms with E-state index in [1.807, 2.05) is 5.57 Å². The smallest absolute Gasteiger partial charge is 0.0232 e. The molecule has 122 valence electrons. The van der Waals surface area contributed by atoms with E-state index in [9.17, 15) is 0 Å². The van der Waals surface area contributed by atoms with E-state index in [1.165, 1.54) is 55.6 Å². The summed E-state index contributed by atoms with van der Waals surface area (Å²) in [5.41, 5.74) is 4.08. The van der Waals surface area contributed by atoms with Crippen LogP contribution < -0.4 is 0 Å². The van der Waals surface area contributed by atoms with Gasteiger partial charge in [-0.2, -0.15) is 0 Å². The minimum atomic E-state index is 0.288. The Labute approximate surface area is 141 Å². The molecular weight excluding hydrogens is 288 g/mol. The zero-order valence-electron chi connectivity index (χ0n) is 14.7. The molecule has 0 nitrogen and oxygen atoms in total. The Kier molecular flexibility index (Phi) is 3.40. The lowest BCUT2D eigenvalue weighted by molar-refractivity contribution is -0.0184. The monoisotopic (exact) mass is 318 g/mol. The maximum Gasteiger partial charge on any atom is 0.0232 e. The van der Waals surface area contributed by atoms with Gasteiger partial charge in [-0.1, -0.05) is 49.6 Å². The molecule has 0 aromatic carbocycles. The van der Waals surface area contributed by atoms with Crippen LogP contribution in [-0.4, -0.2) is 0 Å². The molecule has 0 amide bonds. The van der Waals surface area contributed by atoms with Crippen molar-refractivity contribution in [1.82, 2.24) is 0 Å². The summed E-state index contributed by atoms with van der Waals surface area (Å²) in [5.74, 6) is 3.47. The van der Waals surface area contributed by atoms with Gasteiger partial charge < -0.3 is 0 Å². The largest absolute Gasteiger partial charge is 0.0886 e. The van der Waals surface area contributed by atoms with E-state index in [-0.39, 0.29) is 5.41 Å². The fourth-order valence-electron chi connectivity index (χ4n) is 6.72. The predicted octanol–water partition coefficient (Wildman–Crippen LogP) is 6.71. The molecule has 0 saturated heterocycles. The lowest BCUT2D eigenvalue weighted by Gasteiger charge is -2.57. The van der Waals surface area contributed by atoms with Crippen molar-refractivity contribution < 1.29 is 0 Å². The molecule has 2 saturated carbocycles. The summed E-state index contributed by atoms with van der Waals surface area (Å²) in [6.45, 7) is 9.77. The number of hydrogen-bond donors (Lipinski definition) is 0. The number of fused-ring (bicyclic) bond motifs is 5. The lowest BCUT2D eigenvalue weighted by atomic mass is 9.47. The van der Waals surface area contributed by atoms with Crippen LogP contribution in [0.3, 0.4) is 0 Å². The SMILES string of the molecule is CC1=C(Cl)[C@@]2(C)CCC3C(CC=C4C[C@@H](C)CC[C@@]43C)C2C1. The second-order valence-corrected chi connectivity index (χ2v) is 9.74. The summed E-state index contributed by atoms with van der Waals surface area (Å²) in [5, 5.41) is 1.22. The summed E-state index contributed by atoms with van der Waals surface area (Å²) in [6.07, 6.45) is 12.1. The van der Waals surface area contributed by atoms with E-state index in [1.54, 1.807) is 0 Å². The molecule has 2 fully saturated rings. The summed E-state index contributed by atoms with van der Waals surface area (Å²) < 4.78 is 0. The minimum absolute atomic E-state index is 0.288. The average molecular weight is 319 g/mol. The highest BCUT2D eigenvalue weighted by Gasteiger charge is 2.57. The van der Waals surface area contributed by atoms with E-state index >= 15 is 0 Å². The van der Waals surface area contributed by atoms with Crippen LogP contribution in [0.15, 0.2) is 22.3 Å². The molecule has 0 aromatic rings. The molecular formula is C21H31Cl. The first-order valence-corrected chi connectivity index (χ1v) is 9.79. The molecule has 4 aliphatic rings. The van der Waals surface area contributed by atoms with E-state index in [0.717, 1.165) is 23.7 Å². The molecule has 0 N–H and O–H groups in total. The Bertz CT molecular complexity index is 556. The van der Waals surface area contributed by atoms with Crippen molar-refractivity contribution in [1.29, 1.82) is 0 Å². The van der Waals surface area contributed by atoms with E-state index < -0.39 is 0 Å². The van der Waals surface area contributed by atoms with E-state index in [0.29, 0.717) is 5.41 Å². The molecule has 0 bridgehead atoms. The second-order valence-electron chi connectivity index (χ2n) is 9.36. The van der Waals surface area contributed by atoms with Gasteiger partial charge in [-0.3, -0.25) is 0 Å². The number of halogens is 1. The van der Waals surface area contributed by atoms with E-state index in [4.69, 9.17) is 11.6 Å². The Morgan fingerprint density at radius 1 is 1.05 bits per heavy atom. The van der Waals surface area contributed by atoms with Crippen molar-refractivity contribution in [3.8, 4) is 0 Å². The van der Waals surface area contributed by atoms with Gasteiger partial charge in [0.15, 0.2) is 0 Å². The number of rotatable bonds is 0. The maximum atomic E-state index is 6.76. The molecule has 0 spiro atoms. The normalized spacial score (nSPS) is 51.0. The van der Waals surface area contributed by atoms with Crippen molar-refractivity contribution in [2.24, 2.45) is 34.5 Å². The standard InChI is InChI=1S/C21H31Cl/c1-13-7-9-20(3)15(11-13)5-6-16-17(20)8-10-21(4)18(16)12-14(2)19(21)22/h5,13,16-18H,6-12H2,1-4H3/t13-,16?,17?,18?,20-,21-/m0/s1. The Morgan fingerprint density at radius 2 is 1.77 bits per heavy atom. The highest BCUT2D eigenvalue weighted by Crippen LogP contribution is 2.66. The third-order valence-corrected chi connectivity index (χ3v) is 8.90. The summed E-state index contributed by atoms with van der Waals surface area (Å²) in [7, 11) is 0. The Morgan fingerprint density at radius 3 is 2.55 bits per heavy atom. The van der Waals surface area contributed by atoms with Crippen LogP contribution in [0.4, 0.5) is 0 Å². The number of allylic oxidation sites excluding steroid dienone is 4. The molecule has 4 rings (SSSR count). The van der Waals surface area contributed by atoms with Gasteiger partial charge in [-0.15, -0.1) is 0 Å². The van der Waals surface area contributed by atoms with Gasteiger partial charge in [-0.05, 0) is 81.0 Å². The van der Waals surface area contributed by atoms with Crippen molar-refractivity contribution >= 4 is 11.6 Å². The van der Waals surface area contributed by atoms with Gasteiger partial charge in [0, 0.05) is 10.4 Å². The summed E-state index contributed by atoms with van der Waals surface area (Å²) >= 11 is 6.76. The van der Waals surface area contributed by atoms with Crippen molar-refractivity contribution in [2.75, 3.05) is 0 Å². The van der Waals surface area contributed by atoms with Crippen LogP contribution in [0.5, 0.6) is 0 Å². The van der Waals surface area contributed by atoms with Crippen LogP contribution in [-0.2, 0) is 0 Å². The fraction of sp³-hybridized carbons (Fsp3) is 0.810. The van der Waals surface area contributed by atoms with Gasteiger partial charge in [0.2, 0.25) is 0 Å². The molecule has 0 radical (unpaired) electrons. The van der Waals surface area contributed by atoms with Crippen LogP contribution in [0.1, 0.15) is 72.6 Å². The van der Waals surface area contributed by atoms with Crippen LogP contribution in [0.2, 0.25) is 0 Å². The van der Waals surface area contributed by atoms with Gasteiger partial charge in [0.05, 0.1) is 0 Å². The number of hydrogen-bond acceptors (Lipinski definition) is 0.